The maximum Gasteiger partial charge on any atom is 0.137 e. The summed E-state index contributed by atoms with van der Waals surface area (Å²) in [6.07, 6.45) is 0. The Kier molecular flexibility index (Phi) is 2.87. The van der Waals surface area contributed by atoms with Crippen molar-refractivity contribution in [3.8, 4) is 11.1 Å². The lowest BCUT2D eigenvalue weighted by Gasteiger charge is -2.10. The van der Waals surface area contributed by atoms with Crippen molar-refractivity contribution in [2.24, 2.45) is 0 Å². The van der Waals surface area contributed by atoms with Gasteiger partial charge in [-0.05, 0) is 22.6 Å². The van der Waals surface area contributed by atoms with Crippen molar-refractivity contribution in [2.45, 2.75) is 0 Å². The number of hydrogen-bond acceptors (Lipinski definition) is 1. The molecular formula is C19H12ClN. The van der Waals surface area contributed by atoms with Gasteiger partial charge >= 0.3 is 0 Å². The van der Waals surface area contributed by atoms with Crippen LogP contribution in [0.25, 0.3) is 32.8 Å². The van der Waals surface area contributed by atoms with Crippen LogP contribution >= 0.6 is 11.6 Å². The first-order valence-electron chi connectivity index (χ1n) is 6.87. The van der Waals surface area contributed by atoms with Crippen LogP contribution in [0, 0.1) is 0 Å². The van der Waals surface area contributed by atoms with Crippen molar-refractivity contribution in [3.05, 3.63) is 77.9 Å². The third kappa shape index (κ3) is 1.98. The summed E-state index contributed by atoms with van der Waals surface area (Å²) in [5.74, 6) is 0. The first-order valence-corrected chi connectivity index (χ1v) is 7.25. The molecule has 0 N–H and O–H groups in total. The zero-order valence-electron chi connectivity index (χ0n) is 11.3. The van der Waals surface area contributed by atoms with Gasteiger partial charge in [0.2, 0.25) is 0 Å². The summed E-state index contributed by atoms with van der Waals surface area (Å²) in [5.41, 5.74) is 3.31. The molecule has 1 heterocycles. The molecule has 0 saturated carbocycles. The van der Waals surface area contributed by atoms with Gasteiger partial charge in [-0.2, -0.15) is 0 Å². The molecule has 3 aromatic carbocycles. The summed E-state index contributed by atoms with van der Waals surface area (Å²) in [7, 11) is 0. The minimum Gasteiger partial charge on any atom is -0.235 e. The molecular weight excluding hydrogens is 278 g/mol. The molecule has 21 heavy (non-hydrogen) atoms. The van der Waals surface area contributed by atoms with Crippen LogP contribution in [-0.4, -0.2) is 4.98 Å². The van der Waals surface area contributed by atoms with Gasteiger partial charge < -0.3 is 0 Å². The van der Waals surface area contributed by atoms with Crippen LogP contribution in [0.4, 0.5) is 0 Å². The SMILES string of the molecule is Clc1nc2cccc(-c3ccccc3)c2c2ccccc12. The summed E-state index contributed by atoms with van der Waals surface area (Å²) in [5, 5.41) is 3.86. The Hall–Kier alpha value is -2.38. The minimum atomic E-state index is 0.559. The molecule has 0 atom stereocenters. The highest BCUT2D eigenvalue weighted by Gasteiger charge is 2.10. The third-order valence-electron chi connectivity index (χ3n) is 3.76. The number of halogens is 1. The Morgan fingerprint density at radius 3 is 2.19 bits per heavy atom. The van der Waals surface area contributed by atoms with Gasteiger partial charge in [0, 0.05) is 10.8 Å². The molecule has 1 nitrogen and oxygen atoms in total. The number of nitrogens with zero attached hydrogens (tertiary/aromatic N) is 1. The van der Waals surface area contributed by atoms with Gasteiger partial charge in [0.25, 0.3) is 0 Å². The molecule has 0 amide bonds. The maximum atomic E-state index is 6.32. The van der Waals surface area contributed by atoms with E-state index in [0.717, 1.165) is 21.7 Å². The molecule has 0 aliphatic heterocycles. The van der Waals surface area contributed by atoms with E-state index in [4.69, 9.17) is 11.6 Å². The first-order chi connectivity index (χ1) is 10.3. The van der Waals surface area contributed by atoms with Crippen LogP contribution < -0.4 is 0 Å². The molecule has 0 spiro atoms. The Morgan fingerprint density at radius 1 is 0.667 bits per heavy atom. The Balaban J connectivity index is 2.21. The topological polar surface area (TPSA) is 12.9 Å². The van der Waals surface area contributed by atoms with Gasteiger partial charge in [-0.1, -0.05) is 78.3 Å². The van der Waals surface area contributed by atoms with Crippen molar-refractivity contribution in [1.82, 2.24) is 4.98 Å². The van der Waals surface area contributed by atoms with Crippen molar-refractivity contribution in [2.75, 3.05) is 0 Å². The molecule has 0 saturated heterocycles. The summed E-state index contributed by atoms with van der Waals surface area (Å²) >= 11 is 6.32. The highest BCUT2D eigenvalue weighted by Crippen LogP contribution is 2.35. The summed E-state index contributed by atoms with van der Waals surface area (Å²) in [4.78, 5) is 4.56. The molecule has 0 radical (unpaired) electrons. The normalized spacial score (nSPS) is 11.1. The lowest BCUT2D eigenvalue weighted by Crippen LogP contribution is -1.88. The average Bonchev–Trinajstić information content (AvgIpc) is 2.55. The van der Waals surface area contributed by atoms with Crippen molar-refractivity contribution in [3.63, 3.8) is 0 Å². The monoisotopic (exact) mass is 289 g/mol. The van der Waals surface area contributed by atoms with Gasteiger partial charge in [-0.25, -0.2) is 4.98 Å². The third-order valence-corrected chi connectivity index (χ3v) is 4.05. The number of benzene rings is 3. The van der Waals surface area contributed by atoms with E-state index in [1.807, 2.05) is 36.4 Å². The van der Waals surface area contributed by atoms with E-state index in [1.165, 1.54) is 11.1 Å². The standard InChI is InChI=1S/C19H12ClN/c20-19-16-10-5-4-9-15(16)18-14(11-6-12-17(18)21-19)13-7-2-1-3-8-13/h1-12H. The Morgan fingerprint density at radius 2 is 1.38 bits per heavy atom. The molecule has 0 aliphatic rings. The van der Waals surface area contributed by atoms with Gasteiger partial charge in [0.1, 0.15) is 5.15 Å². The van der Waals surface area contributed by atoms with Crippen molar-refractivity contribution < 1.29 is 0 Å². The van der Waals surface area contributed by atoms with Crippen LogP contribution in [0.3, 0.4) is 0 Å². The second-order valence-corrected chi connectivity index (χ2v) is 5.37. The molecule has 0 bridgehead atoms. The lowest BCUT2D eigenvalue weighted by molar-refractivity contribution is 1.44. The highest BCUT2D eigenvalue weighted by molar-refractivity contribution is 6.36. The number of rotatable bonds is 1. The van der Waals surface area contributed by atoms with Gasteiger partial charge in [0.05, 0.1) is 5.52 Å². The Bertz CT molecular complexity index is 945. The van der Waals surface area contributed by atoms with Crippen molar-refractivity contribution in [1.29, 1.82) is 0 Å². The van der Waals surface area contributed by atoms with Crippen LogP contribution in [0.5, 0.6) is 0 Å². The van der Waals surface area contributed by atoms with E-state index in [9.17, 15) is 0 Å². The van der Waals surface area contributed by atoms with E-state index in [-0.39, 0.29) is 0 Å². The molecule has 100 valence electrons. The summed E-state index contributed by atoms with van der Waals surface area (Å²) in [6, 6.07) is 24.7. The quantitative estimate of drug-likeness (QED) is 0.323. The lowest BCUT2D eigenvalue weighted by atomic mass is 9.97. The summed E-state index contributed by atoms with van der Waals surface area (Å²) < 4.78 is 0. The average molecular weight is 290 g/mol. The smallest absolute Gasteiger partial charge is 0.137 e. The van der Waals surface area contributed by atoms with Gasteiger partial charge in [-0.3, -0.25) is 0 Å². The van der Waals surface area contributed by atoms with E-state index in [1.54, 1.807) is 0 Å². The fourth-order valence-corrected chi connectivity index (χ4v) is 3.08. The predicted octanol–water partition coefficient (Wildman–Crippen LogP) is 5.71. The first kappa shape index (κ1) is 12.4. The molecule has 0 fully saturated rings. The minimum absolute atomic E-state index is 0.559. The molecule has 1 aromatic heterocycles. The maximum absolute atomic E-state index is 6.32. The fourth-order valence-electron chi connectivity index (χ4n) is 2.82. The van der Waals surface area contributed by atoms with Crippen LogP contribution in [0.2, 0.25) is 5.15 Å². The van der Waals surface area contributed by atoms with E-state index in [0.29, 0.717) is 5.15 Å². The van der Waals surface area contributed by atoms with Crippen LogP contribution in [-0.2, 0) is 0 Å². The fraction of sp³-hybridized carbons (Fsp3) is 0. The highest BCUT2D eigenvalue weighted by atomic mass is 35.5. The number of aromatic nitrogens is 1. The van der Waals surface area contributed by atoms with Gasteiger partial charge in [-0.15, -0.1) is 0 Å². The molecule has 0 aliphatic carbocycles. The zero-order chi connectivity index (χ0) is 14.2. The Labute approximate surface area is 127 Å². The van der Waals surface area contributed by atoms with E-state index < -0.39 is 0 Å². The number of fused-ring (bicyclic) bond motifs is 3. The second kappa shape index (κ2) is 4.87. The molecule has 4 rings (SSSR count). The van der Waals surface area contributed by atoms with Crippen molar-refractivity contribution >= 4 is 33.3 Å². The zero-order valence-corrected chi connectivity index (χ0v) is 12.0. The number of hydrogen-bond donors (Lipinski definition) is 0. The largest absolute Gasteiger partial charge is 0.235 e. The molecule has 4 aromatic rings. The predicted molar refractivity (Wildman–Crippen MR) is 89.7 cm³/mol. The van der Waals surface area contributed by atoms with Gasteiger partial charge in [0.15, 0.2) is 0 Å². The number of pyridine rings is 1. The van der Waals surface area contributed by atoms with Crippen LogP contribution in [0.1, 0.15) is 0 Å². The second-order valence-electron chi connectivity index (χ2n) is 5.01. The molecule has 0 unspecified atom stereocenters. The van der Waals surface area contributed by atoms with E-state index in [2.05, 4.69) is 41.4 Å². The van der Waals surface area contributed by atoms with E-state index >= 15 is 0 Å². The molecule has 2 heteroatoms. The van der Waals surface area contributed by atoms with Crippen LogP contribution in [0.15, 0.2) is 72.8 Å². The summed E-state index contributed by atoms with van der Waals surface area (Å²) in [6.45, 7) is 0.